The molecule has 7 heteroatoms. The largest absolute Gasteiger partial charge is 0.454 e. The molecular formula is C14H18Cl2O5. The Morgan fingerprint density at radius 3 is 2.38 bits per heavy atom. The molecule has 1 aliphatic rings. The van der Waals surface area contributed by atoms with Gasteiger partial charge in [0.1, 0.15) is 0 Å². The van der Waals surface area contributed by atoms with Gasteiger partial charge in [-0.2, -0.15) is 0 Å². The van der Waals surface area contributed by atoms with Gasteiger partial charge >= 0.3 is 5.97 Å². The number of hydrogen-bond donors (Lipinski definition) is 0. The molecule has 0 radical (unpaired) electrons. The summed E-state index contributed by atoms with van der Waals surface area (Å²) in [5.74, 6) is -2.34. The fourth-order valence-electron chi connectivity index (χ4n) is 2.72. The predicted octanol–water partition coefficient (Wildman–Crippen LogP) is 2.46. The van der Waals surface area contributed by atoms with E-state index in [0.717, 1.165) is 0 Å². The maximum Gasteiger partial charge on any atom is 0.303 e. The summed E-state index contributed by atoms with van der Waals surface area (Å²) in [4.78, 5) is 46.0. The molecule has 1 saturated carbocycles. The Morgan fingerprint density at radius 2 is 1.90 bits per heavy atom. The predicted molar refractivity (Wildman–Crippen MR) is 76.9 cm³/mol. The van der Waals surface area contributed by atoms with Crippen molar-refractivity contribution < 1.29 is 23.9 Å². The zero-order valence-electron chi connectivity index (χ0n) is 11.9. The maximum absolute atomic E-state index is 12.5. The van der Waals surface area contributed by atoms with Crippen molar-refractivity contribution in [3.63, 3.8) is 0 Å². The van der Waals surface area contributed by atoms with Gasteiger partial charge in [-0.15, -0.1) is 0 Å². The Hall–Kier alpha value is -0.940. The zero-order chi connectivity index (χ0) is 16.2. The lowest BCUT2D eigenvalue weighted by Crippen LogP contribution is -2.45. The van der Waals surface area contributed by atoms with Crippen molar-refractivity contribution in [2.24, 2.45) is 17.8 Å². The Kier molecular flexibility index (Phi) is 6.81. The molecule has 0 bridgehead atoms. The lowest BCUT2D eigenvalue weighted by Gasteiger charge is -2.34. The average Bonchev–Trinajstić information content (AvgIpc) is 2.36. The monoisotopic (exact) mass is 336 g/mol. The van der Waals surface area contributed by atoms with Crippen LogP contribution in [0, 0.1) is 17.8 Å². The van der Waals surface area contributed by atoms with Crippen LogP contribution in [0.5, 0.6) is 0 Å². The van der Waals surface area contributed by atoms with Gasteiger partial charge in [-0.3, -0.25) is 19.2 Å². The molecule has 0 aromatic heterocycles. The van der Waals surface area contributed by atoms with Gasteiger partial charge in [0.15, 0.2) is 11.9 Å². The number of carbonyl (C=O) groups excluding carboxylic acids is 4. The Morgan fingerprint density at radius 1 is 1.29 bits per heavy atom. The molecule has 0 heterocycles. The van der Waals surface area contributed by atoms with E-state index in [9.17, 15) is 19.2 Å². The quantitative estimate of drug-likeness (QED) is 0.550. The Balaban J connectivity index is 2.87. The van der Waals surface area contributed by atoms with Crippen LogP contribution in [-0.2, 0) is 23.9 Å². The minimum atomic E-state index is -0.855. The lowest BCUT2D eigenvalue weighted by atomic mass is 9.73. The highest BCUT2D eigenvalue weighted by atomic mass is 35.5. The highest BCUT2D eigenvalue weighted by Crippen LogP contribution is 2.35. The number of rotatable bonds is 6. The fraction of sp³-hybridized carbons (Fsp3) is 0.714. The third-order valence-electron chi connectivity index (χ3n) is 3.82. The van der Waals surface area contributed by atoms with Gasteiger partial charge in [0, 0.05) is 31.1 Å². The third-order valence-corrected chi connectivity index (χ3v) is 4.29. The molecule has 118 valence electrons. The second-order valence-electron chi connectivity index (χ2n) is 5.40. The molecule has 4 unspecified atom stereocenters. The van der Waals surface area contributed by atoms with Crippen molar-refractivity contribution in [1.82, 2.24) is 0 Å². The van der Waals surface area contributed by atoms with Crippen molar-refractivity contribution in [3.05, 3.63) is 0 Å². The van der Waals surface area contributed by atoms with E-state index in [2.05, 4.69) is 0 Å². The molecule has 1 rings (SSSR count). The first kappa shape index (κ1) is 18.1. The SMILES string of the molecule is CC(=O)OC1C(=O)C(C(CCC(=O)Cl)C(=O)Cl)CCC1C. The van der Waals surface area contributed by atoms with Gasteiger partial charge < -0.3 is 4.74 Å². The summed E-state index contributed by atoms with van der Waals surface area (Å²) in [6.45, 7) is 3.06. The van der Waals surface area contributed by atoms with Crippen molar-refractivity contribution in [3.8, 4) is 0 Å². The summed E-state index contributed by atoms with van der Waals surface area (Å²) in [5, 5.41) is -1.24. The molecule has 0 N–H and O–H groups in total. The van der Waals surface area contributed by atoms with Crippen molar-refractivity contribution >= 4 is 45.4 Å². The van der Waals surface area contributed by atoms with E-state index in [1.807, 2.05) is 6.92 Å². The lowest BCUT2D eigenvalue weighted by molar-refractivity contribution is -0.161. The molecular weight excluding hydrogens is 319 g/mol. The highest BCUT2D eigenvalue weighted by molar-refractivity contribution is 6.64. The standard InChI is InChI=1S/C14H18Cl2O5/c1-7-3-4-9(12(19)13(7)21-8(2)17)10(14(16)20)5-6-11(15)18/h7,9-10,13H,3-6H2,1-2H3. The van der Waals surface area contributed by atoms with E-state index < -0.39 is 34.4 Å². The summed E-state index contributed by atoms with van der Waals surface area (Å²) in [6, 6.07) is 0. The van der Waals surface area contributed by atoms with Crippen molar-refractivity contribution in [2.45, 2.75) is 45.6 Å². The van der Waals surface area contributed by atoms with Crippen LogP contribution < -0.4 is 0 Å². The average molecular weight is 337 g/mol. The Labute approximate surface area is 133 Å². The first-order valence-electron chi connectivity index (χ1n) is 6.82. The number of ketones is 1. The summed E-state index contributed by atoms with van der Waals surface area (Å²) in [6.07, 6.45) is 0.373. The molecule has 0 amide bonds. The van der Waals surface area contributed by atoms with Gasteiger partial charge in [0.2, 0.25) is 10.5 Å². The molecule has 1 aliphatic carbocycles. The van der Waals surface area contributed by atoms with Crippen LogP contribution in [0.2, 0.25) is 0 Å². The van der Waals surface area contributed by atoms with E-state index in [-0.39, 0.29) is 24.5 Å². The van der Waals surface area contributed by atoms with Gasteiger partial charge in [0.05, 0.1) is 0 Å². The molecule has 1 fully saturated rings. The van der Waals surface area contributed by atoms with Crippen LogP contribution in [0.4, 0.5) is 0 Å². The number of Topliss-reactive ketones (excluding diaryl/α,β-unsaturated/α-hetero) is 1. The third kappa shape index (κ3) is 5.08. The summed E-state index contributed by atoms with van der Waals surface area (Å²) < 4.78 is 5.07. The zero-order valence-corrected chi connectivity index (χ0v) is 13.4. The minimum absolute atomic E-state index is 0.0255. The van der Waals surface area contributed by atoms with Crippen LogP contribution in [0.25, 0.3) is 0 Å². The fourth-order valence-corrected chi connectivity index (χ4v) is 3.09. The van der Waals surface area contributed by atoms with Crippen molar-refractivity contribution in [2.75, 3.05) is 0 Å². The van der Waals surface area contributed by atoms with Gasteiger partial charge in [-0.05, 0) is 42.5 Å². The molecule has 5 nitrogen and oxygen atoms in total. The minimum Gasteiger partial charge on any atom is -0.454 e. The number of esters is 1. The summed E-state index contributed by atoms with van der Waals surface area (Å²) in [5.41, 5.74) is 0. The molecule has 0 aliphatic heterocycles. The molecule has 21 heavy (non-hydrogen) atoms. The van der Waals surface area contributed by atoms with Crippen LogP contribution in [0.1, 0.15) is 39.5 Å². The van der Waals surface area contributed by atoms with Gasteiger partial charge in [-0.25, -0.2) is 0 Å². The number of hydrogen-bond acceptors (Lipinski definition) is 5. The van der Waals surface area contributed by atoms with Gasteiger partial charge in [-0.1, -0.05) is 6.92 Å². The van der Waals surface area contributed by atoms with E-state index in [4.69, 9.17) is 27.9 Å². The smallest absolute Gasteiger partial charge is 0.303 e. The number of halogens is 2. The first-order valence-corrected chi connectivity index (χ1v) is 7.58. The molecule has 0 spiro atoms. The summed E-state index contributed by atoms with van der Waals surface area (Å²) >= 11 is 10.8. The van der Waals surface area contributed by atoms with Crippen LogP contribution in [0.15, 0.2) is 0 Å². The Bertz CT molecular complexity index is 449. The van der Waals surface area contributed by atoms with E-state index in [1.54, 1.807) is 0 Å². The molecule has 0 aromatic carbocycles. The van der Waals surface area contributed by atoms with Crippen LogP contribution in [0.3, 0.4) is 0 Å². The molecule has 0 saturated heterocycles. The van der Waals surface area contributed by atoms with Gasteiger partial charge in [0.25, 0.3) is 0 Å². The number of ether oxygens (including phenoxy) is 1. The number of carbonyl (C=O) groups is 4. The summed E-state index contributed by atoms with van der Waals surface area (Å²) in [7, 11) is 0. The highest BCUT2D eigenvalue weighted by Gasteiger charge is 2.43. The van der Waals surface area contributed by atoms with E-state index in [0.29, 0.717) is 12.8 Å². The second-order valence-corrected chi connectivity index (χ2v) is 6.19. The van der Waals surface area contributed by atoms with E-state index >= 15 is 0 Å². The first-order chi connectivity index (χ1) is 9.73. The maximum atomic E-state index is 12.5. The van der Waals surface area contributed by atoms with E-state index in [1.165, 1.54) is 6.92 Å². The van der Waals surface area contributed by atoms with Crippen LogP contribution in [-0.4, -0.2) is 28.3 Å². The molecule has 0 aromatic rings. The second kappa shape index (κ2) is 7.90. The van der Waals surface area contributed by atoms with Crippen molar-refractivity contribution in [1.29, 1.82) is 0 Å². The topological polar surface area (TPSA) is 77.5 Å². The normalized spacial score (nSPS) is 27.0. The van der Waals surface area contributed by atoms with Crippen LogP contribution >= 0.6 is 23.2 Å². The molecule has 4 atom stereocenters.